The van der Waals surface area contributed by atoms with Crippen molar-refractivity contribution in [2.45, 2.75) is 46.0 Å². The molecule has 1 aromatic rings. The lowest BCUT2D eigenvalue weighted by Gasteiger charge is -2.16. The van der Waals surface area contributed by atoms with E-state index in [1.165, 1.54) is 37.6 Å². The summed E-state index contributed by atoms with van der Waals surface area (Å²) in [6, 6.07) is 6.94. The second kappa shape index (κ2) is 7.86. The zero-order valence-electron chi connectivity index (χ0n) is 11.5. The number of thiol groups is 1. The zero-order chi connectivity index (χ0) is 12.7. The zero-order valence-corrected chi connectivity index (χ0v) is 12.4. The first-order valence-corrected chi connectivity index (χ1v) is 7.53. The fourth-order valence-electron chi connectivity index (χ4n) is 2.20. The van der Waals surface area contributed by atoms with Crippen LogP contribution in [0.3, 0.4) is 0 Å². The molecule has 0 saturated heterocycles. The summed E-state index contributed by atoms with van der Waals surface area (Å²) >= 11 is 4.45. The Bertz CT molecular complexity index is 332. The van der Waals surface area contributed by atoms with Crippen molar-refractivity contribution in [3.05, 3.63) is 29.3 Å². The molecule has 0 spiro atoms. The Hall–Kier alpha value is -0.365. The van der Waals surface area contributed by atoms with Gasteiger partial charge < -0.3 is 0 Å². The lowest BCUT2D eigenvalue weighted by atomic mass is 9.87. The van der Waals surface area contributed by atoms with Crippen LogP contribution in [-0.4, -0.2) is 13.6 Å². The van der Waals surface area contributed by atoms with Crippen molar-refractivity contribution in [3.8, 4) is 0 Å². The SMILES string of the molecule is Bc1ccc(CC(CC)CS)c(CCCC)c1. The van der Waals surface area contributed by atoms with E-state index in [-0.39, 0.29) is 0 Å². The van der Waals surface area contributed by atoms with Gasteiger partial charge in [0.1, 0.15) is 7.85 Å². The Kier molecular flexibility index (Phi) is 6.80. The van der Waals surface area contributed by atoms with Gasteiger partial charge in [0.2, 0.25) is 0 Å². The summed E-state index contributed by atoms with van der Waals surface area (Å²) in [6.45, 7) is 4.53. The molecule has 0 bridgehead atoms. The van der Waals surface area contributed by atoms with Crippen molar-refractivity contribution in [2.75, 3.05) is 5.75 Å². The highest BCUT2D eigenvalue weighted by atomic mass is 32.1. The van der Waals surface area contributed by atoms with Crippen LogP contribution in [0, 0.1) is 5.92 Å². The monoisotopic (exact) mass is 248 g/mol. The molecule has 1 unspecified atom stereocenters. The minimum Gasteiger partial charge on any atom is -0.179 e. The molecule has 17 heavy (non-hydrogen) atoms. The van der Waals surface area contributed by atoms with Crippen LogP contribution in [0.1, 0.15) is 44.2 Å². The first-order valence-electron chi connectivity index (χ1n) is 6.90. The van der Waals surface area contributed by atoms with Crippen LogP contribution in [0.5, 0.6) is 0 Å². The number of hydrogen-bond donors (Lipinski definition) is 1. The van der Waals surface area contributed by atoms with Crippen LogP contribution in [0.25, 0.3) is 0 Å². The predicted octanol–water partition coefficient (Wildman–Crippen LogP) is 2.79. The van der Waals surface area contributed by atoms with Crippen molar-refractivity contribution >= 4 is 25.9 Å². The fraction of sp³-hybridized carbons (Fsp3) is 0.600. The van der Waals surface area contributed by atoms with E-state index in [2.05, 4.69) is 52.5 Å². The van der Waals surface area contributed by atoms with Crippen molar-refractivity contribution in [3.63, 3.8) is 0 Å². The summed E-state index contributed by atoms with van der Waals surface area (Å²) in [5, 5.41) is 0. The van der Waals surface area contributed by atoms with E-state index >= 15 is 0 Å². The second-order valence-electron chi connectivity index (χ2n) is 5.04. The average molecular weight is 248 g/mol. The van der Waals surface area contributed by atoms with Crippen LogP contribution >= 0.6 is 12.6 Å². The van der Waals surface area contributed by atoms with Gasteiger partial charge in [-0.3, -0.25) is 0 Å². The molecule has 0 fully saturated rings. The van der Waals surface area contributed by atoms with Crippen molar-refractivity contribution in [1.82, 2.24) is 0 Å². The van der Waals surface area contributed by atoms with E-state index in [4.69, 9.17) is 0 Å². The molecule has 2 heteroatoms. The van der Waals surface area contributed by atoms with Gasteiger partial charge in [0.15, 0.2) is 0 Å². The highest BCUT2D eigenvalue weighted by Crippen LogP contribution is 2.18. The van der Waals surface area contributed by atoms with Crippen molar-refractivity contribution < 1.29 is 0 Å². The summed E-state index contributed by atoms with van der Waals surface area (Å²) in [7, 11) is 2.19. The Labute approximate surface area is 113 Å². The summed E-state index contributed by atoms with van der Waals surface area (Å²) in [6.07, 6.45) is 6.23. The second-order valence-corrected chi connectivity index (χ2v) is 5.40. The number of aryl methyl sites for hydroxylation is 1. The molecule has 0 aromatic heterocycles. The van der Waals surface area contributed by atoms with Gasteiger partial charge in [-0.15, -0.1) is 0 Å². The number of unbranched alkanes of at least 4 members (excludes halogenated alkanes) is 1. The molecule has 0 heterocycles. The van der Waals surface area contributed by atoms with Gasteiger partial charge >= 0.3 is 0 Å². The van der Waals surface area contributed by atoms with Gasteiger partial charge in [0.25, 0.3) is 0 Å². The first kappa shape index (κ1) is 14.7. The highest BCUT2D eigenvalue weighted by molar-refractivity contribution is 7.80. The Balaban J connectivity index is 2.81. The molecule has 0 aliphatic heterocycles. The van der Waals surface area contributed by atoms with Crippen molar-refractivity contribution in [1.29, 1.82) is 0 Å². The molecule has 1 atom stereocenters. The molecule has 94 valence electrons. The lowest BCUT2D eigenvalue weighted by molar-refractivity contribution is 0.568. The molecule has 0 saturated carbocycles. The van der Waals surface area contributed by atoms with E-state index in [0.717, 1.165) is 11.7 Å². The van der Waals surface area contributed by atoms with E-state index in [1.807, 2.05) is 0 Å². The molecule has 0 nitrogen and oxygen atoms in total. The highest BCUT2D eigenvalue weighted by Gasteiger charge is 2.09. The fourth-order valence-corrected chi connectivity index (χ4v) is 2.59. The molecule has 0 aliphatic rings. The molecule has 1 rings (SSSR count). The van der Waals surface area contributed by atoms with Crippen LogP contribution in [0.15, 0.2) is 18.2 Å². The maximum absolute atomic E-state index is 4.45. The van der Waals surface area contributed by atoms with Gasteiger partial charge in [0, 0.05) is 0 Å². The topological polar surface area (TPSA) is 0 Å². The van der Waals surface area contributed by atoms with Gasteiger partial charge in [-0.1, -0.05) is 50.4 Å². The third kappa shape index (κ3) is 4.79. The van der Waals surface area contributed by atoms with Gasteiger partial charge in [0.05, 0.1) is 0 Å². The lowest BCUT2D eigenvalue weighted by Crippen LogP contribution is -2.11. The summed E-state index contributed by atoms with van der Waals surface area (Å²) in [5.74, 6) is 1.72. The third-order valence-electron chi connectivity index (χ3n) is 3.51. The van der Waals surface area contributed by atoms with Gasteiger partial charge in [-0.05, 0) is 42.1 Å². The molecule has 1 aromatic carbocycles. The largest absolute Gasteiger partial charge is 0.179 e. The molecular formula is C15H25BS. The van der Waals surface area contributed by atoms with Crippen LogP contribution < -0.4 is 5.46 Å². The molecule has 0 radical (unpaired) electrons. The average Bonchev–Trinajstić information content (AvgIpc) is 2.35. The Morgan fingerprint density at radius 2 is 2.00 bits per heavy atom. The molecule has 0 aliphatic carbocycles. The maximum Gasteiger partial charge on any atom is 0.139 e. The number of hydrogen-bond acceptors (Lipinski definition) is 1. The molecular weight excluding hydrogens is 223 g/mol. The summed E-state index contributed by atoms with van der Waals surface area (Å²) in [5.41, 5.74) is 4.50. The third-order valence-corrected chi connectivity index (χ3v) is 4.02. The summed E-state index contributed by atoms with van der Waals surface area (Å²) < 4.78 is 0. The van der Waals surface area contributed by atoms with E-state index < -0.39 is 0 Å². The Morgan fingerprint density at radius 3 is 2.59 bits per heavy atom. The van der Waals surface area contributed by atoms with E-state index in [0.29, 0.717) is 0 Å². The normalized spacial score (nSPS) is 12.6. The minimum atomic E-state index is 0.724. The molecule has 0 amide bonds. The first-order chi connectivity index (χ1) is 8.21. The van der Waals surface area contributed by atoms with Crippen LogP contribution in [0.4, 0.5) is 0 Å². The predicted molar refractivity (Wildman–Crippen MR) is 84.6 cm³/mol. The van der Waals surface area contributed by atoms with E-state index in [9.17, 15) is 0 Å². The quantitative estimate of drug-likeness (QED) is 0.556. The van der Waals surface area contributed by atoms with Crippen LogP contribution in [0.2, 0.25) is 0 Å². The van der Waals surface area contributed by atoms with Gasteiger partial charge in [-0.2, -0.15) is 12.6 Å². The maximum atomic E-state index is 4.45. The number of rotatable bonds is 7. The minimum absolute atomic E-state index is 0.724. The number of benzene rings is 1. The smallest absolute Gasteiger partial charge is 0.139 e. The van der Waals surface area contributed by atoms with Crippen LogP contribution in [-0.2, 0) is 12.8 Å². The summed E-state index contributed by atoms with van der Waals surface area (Å²) in [4.78, 5) is 0. The van der Waals surface area contributed by atoms with Crippen molar-refractivity contribution in [2.24, 2.45) is 5.92 Å². The Morgan fingerprint density at radius 1 is 1.24 bits per heavy atom. The standard InChI is InChI=1S/C15H25BS/c1-3-5-6-13-10-15(16)8-7-14(13)9-12(4-2)11-17/h7-8,10,12,17H,3-6,9,11,16H2,1-2H3. The van der Waals surface area contributed by atoms with Gasteiger partial charge in [-0.25, -0.2) is 0 Å². The molecule has 0 N–H and O–H groups in total. The van der Waals surface area contributed by atoms with E-state index in [1.54, 1.807) is 11.1 Å².